The zero-order valence-corrected chi connectivity index (χ0v) is 18.5. The minimum atomic E-state index is -0.227. The maximum atomic E-state index is 12.0. The molecule has 0 aliphatic rings. The first-order valence-electron chi connectivity index (χ1n) is 11.1. The molecule has 0 unspecified atom stereocenters. The van der Waals surface area contributed by atoms with Gasteiger partial charge in [0.2, 0.25) is 5.91 Å². The van der Waals surface area contributed by atoms with Gasteiger partial charge in [-0.3, -0.25) is 9.59 Å². The summed E-state index contributed by atoms with van der Waals surface area (Å²) in [4.78, 5) is 23.5. The van der Waals surface area contributed by atoms with Crippen LogP contribution in [0.5, 0.6) is 5.75 Å². The number of aromatic hydroxyl groups is 1. The molecule has 0 radical (unpaired) electrons. The Kier molecular flexibility index (Phi) is 13.7. The average Bonchev–Trinajstić information content (AvgIpc) is 2.72. The molecule has 4 heteroatoms. The van der Waals surface area contributed by atoms with E-state index in [1.165, 1.54) is 31.9 Å². The third-order valence-electron chi connectivity index (χ3n) is 4.71. The standard InChI is InChI=1S/C26H37NO3/c1-3-4-5-6-7-8-9-10-11-12-13-14-15-16-17-18-26(30)27-23-19-20-25(29)24(21-23)22(2)28/h4-5,7-8,10-11,19-21,29H,3,6,9,12-18H2,1-2H3,(H,27,30)/b5-4-,8-7-,11-10-. The number of phenols is 1. The Bertz CT molecular complexity index is 732. The first-order valence-corrected chi connectivity index (χ1v) is 11.1. The van der Waals surface area contributed by atoms with Crippen molar-refractivity contribution < 1.29 is 14.7 Å². The summed E-state index contributed by atoms with van der Waals surface area (Å²) in [6, 6.07) is 4.55. The van der Waals surface area contributed by atoms with E-state index in [0.717, 1.165) is 44.9 Å². The number of nitrogens with one attached hydrogen (secondary N) is 1. The molecule has 0 atom stereocenters. The fourth-order valence-corrected chi connectivity index (χ4v) is 3.02. The van der Waals surface area contributed by atoms with E-state index in [4.69, 9.17) is 0 Å². The molecule has 164 valence electrons. The maximum Gasteiger partial charge on any atom is 0.224 e. The van der Waals surface area contributed by atoms with Crippen LogP contribution in [0.2, 0.25) is 0 Å². The van der Waals surface area contributed by atoms with Gasteiger partial charge in [-0.1, -0.05) is 62.6 Å². The van der Waals surface area contributed by atoms with E-state index in [0.29, 0.717) is 12.1 Å². The zero-order chi connectivity index (χ0) is 22.0. The molecule has 0 fully saturated rings. The van der Waals surface area contributed by atoms with Crippen molar-refractivity contribution in [3.05, 3.63) is 60.2 Å². The molecule has 0 saturated heterocycles. The molecule has 0 saturated carbocycles. The molecule has 0 bridgehead atoms. The number of unbranched alkanes of at least 4 members (excludes halogenated alkanes) is 5. The third kappa shape index (κ3) is 12.1. The minimum absolute atomic E-state index is 0.0589. The Labute approximate surface area is 181 Å². The van der Waals surface area contributed by atoms with Gasteiger partial charge in [0.15, 0.2) is 5.78 Å². The van der Waals surface area contributed by atoms with Gasteiger partial charge in [0, 0.05) is 12.1 Å². The smallest absolute Gasteiger partial charge is 0.224 e. The normalized spacial score (nSPS) is 11.7. The van der Waals surface area contributed by atoms with Crippen LogP contribution in [0, 0.1) is 0 Å². The lowest BCUT2D eigenvalue weighted by atomic mass is 10.1. The molecule has 0 heterocycles. The number of allylic oxidation sites excluding steroid dienone is 6. The highest BCUT2D eigenvalue weighted by atomic mass is 16.3. The van der Waals surface area contributed by atoms with E-state index in [9.17, 15) is 14.7 Å². The predicted octanol–water partition coefficient (Wildman–Crippen LogP) is 7.12. The van der Waals surface area contributed by atoms with Crippen LogP contribution in [-0.4, -0.2) is 16.8 Å². The molecular weight excluding hydrogens is 374 g/mol. The van der Waals surface area contributed by atoms with Gasteiger partial charge >= 0.3 is 0 Å². The number of hydrogen-bond acceptors (Lipinski definition) is 3. The van der Waals surface area contributed by atoms with Gasteiger partial charge in [0.1, 0.15) is 5.75 Å². The lowest BCUT2D eigenvalue weighted by Crippen LogP contribution is -2.11. The van der Waals surface area contributed by atoms with Crippen molar-refractivity contribution in [3.63, 3.8) is 0 Å². The third-order valence-corrected chi connectivity index (χ3v) is 4.71. The topological polar surface area (TPSA) is 66.4 Å². The van der Waals surface area contributed by atoms with Crippen LogP contribution in [0.3, 0.4) is 0 Å². The van der Waals surface area contributed by atoms with Crippen LogP contribution in [0.4, 0.5) is 5.69 Å². The summed E-state index contributed by atoms with van der Waals surface area (Å²) in [6.07, 6.45) is 23.4. The van der Waals surface area contributed by atoms with Crippen molar-refractivity contribution in [3.8, 4) is 5.75 Å². The number of carbonyl (C=O) groups excluding carboxylic acids is 2. The number of rotatable bonds is 15. The second kappa shape index (κ2) is 16.2. The van der Waals surface area contributed by atoms with Crippen molar-refractivity contribution in [2.45, 2.75) is 78.1 Å². The molecule has 0 aliphatic heterocycles. The van der Waals surface area contributed by atoms with E-state index in [2.05, 4.69) is 48.7 Å². The second-order valence-electron chi connectivity index (χ2n) is 7.44. The molecule has 2 N–H and O–H groups in total. The molecule has 1 aromatic carbocycles. The van der Waals surface area contributed by atoms with Crippen molar-refractivity contribution in [2.75, 3.05) is 5.32 Å². The summed E-state index contributed by atoms with van der Waals surface area (Å²) in [6.45, 7) is 3.53. The number of Topliss-reactive ketones (excluding diaryl/α,β-unsaturated/α-hetero) is 1. The molecule has 30 heavy (non-hydrogen) atoms. The molecule has 0 aromatic heterocycles. The van der Waals surface area contributed by atoms with Gasteiger partial charge in [-0.25, -0.2) is 0 Å². The first-order chi connectivity index (χ1) is 14.5. The number of phenolic OH excluding ortho intramolecular Hbond substituents is 1. The quantitative estimate of drug-likeness (QED) is 0.140. The monoisotopic (exact) mass is 411 g/mol. The molecule has 0 spiro atoms. The Hall–Kier alpha value is -2.62. The van der Waals surface area contributed by atoms with Crippen LogP contribution < -0.4 is 5.32 Å². The first kappa shape index (κ1) is 25.4. The predicted molar refractivity (Wildman–Crippen MR) is 126 cm³/mol. The summed E-state index contributed by atoms with van der Waals surface area (Å²) in [5, 5.41) is 12.4. The Morgan fingerprint density at radius 2 is 1.53 bits per heavy atom. The van der Waals surface area contributed by atoms with Crippen LogP contribution in [0.1, 0.15) is 88.4 Å². The fraction of sp³-hybridized carbons (Fsp3) is 0.462. The SMILES string of the molecule is CC/C=C\C/C=C\C/C=C\CCCCCCCC(=O)Nc1ccc(O)c(C(C)=O)c1. The number of hydrogen-bond donors (Lipinski definition) is 2. The summed E-state index contributed by atoms with van der Waals surface area (Å²) in [5.41, 5.74) is 0.768. The van der Waals surface area contributed by atoms with Gasteiger partial charge in [0.25, 0.3) is 0 Å². The zero-order valence-electron chi connectivity index (χ0n) is 18.5. The van der Waals surface area contributed by atoms with Gasteiger partial charge in [-0.15, -0.1) is 0 Å². The lowest BCUT2D eigenvalue weighted by Gasteiger charge is -2.08. The highest BCUT2D eigenvalue weighted by Gasteiger charge is 2.09. The highest BCUT2D eigenvalue weighted by Crippen LogP contribution is 2.22. The van der Waals surface area contributed by atoms with Crippen molar-refractivity contribution >= 4 is 17.4 Å². The Morgan fingerprint density at radius 1 is 0.900 bits per heavy atom. The van der Waals surface area contributed by atoms with Gasteiger partial charge in [-0.05, 0) is 63.6 Å². The summed E-state index contributed by atoms with van der Waals surface area (Å²) >= 11 is 0. The molecule has 1 rings (SSSR count). The lowest BCUT2D eigenvalue weighted by molar-refractivity contribution is -0.116. The Balaban J connectivity index is 2.06. The van der Waals surface area contributed by atoms with Crippen molar-refractivity contribution in [2.24, 2.45) is 0 Å². The van der Waals surface area contributed by atoms with Crippen LogP contribution in [0.15, 0.2) is 54.7 Å². The van der Waals surface area contributed by atoms with Crippen molar-refractivity contribution in [1.29, 1.82) is 0 Å². The van der Waals surface area contributed by atoms with E-state index < -0.39 is 0 Å². The minimum Gasteiger partial charge on any atom is -0.507 e. The largest absolute Gasteiger partial charge is 0.507 e. The molecule has 1 amide bonds. The number of ketones is 1. The van der Waals surface area contributed by atoms with Crippen LogP contribution >= 0.6 is 0 Å². The maximum absolute atomic E-state index is 12.0. The number of amides is 1. The fourth-order valence-electron chi connectivity index (χ4n) is 3.02. The molecule has 0 aliphatic carbocycles. The van der Waals surface area contributed by atoms with Gasteiger partial charge < -0.3 is 10.4 Å². The van der Waals surface area contributed by atoms with Crippen molar-refractivity contribution in [1.82, 2.24) is 0 Å². The van der Waals surface area contributed by atoms with E-state index in [1.54, 1.807) is 6.07 Å². The number of anilines is 1. The molecule has 1 aromatic rings. The van der Waals surface area contributed by atoms with Gasteiger partial charge in [-0.2, -0.15) is 0 Å². The van der Waals surface area contributed by atoms with E-state index >= 15 is 0 Å². The van der Waals surface area contributed by atoms with E-state index in [1.807, 2.05) is 0 Å². The summed E-state index contributed by atoms with van der Waals surface area (Å²) < 4.78 is 0. The van der Waals surface area contributed by atoms with Crippen LogP contribution in [-0.2, 0) is 4.79 Å². The number of carbonyl (C=O) groups is 2. The molecular formula is C26H37NO3. The summed E-state index contributed by atoms with van der Waals surface area (Å²) in [5.74, 6) is -0.349. The summed E-state index contributed by atoms with van der Waals surface area (Å²) in [7, 11) is 0. The highest BCUT2D eigenvalue weighted by molar-refractivity contribution is 5.99. The van der Waals surface area contributed by atoms with Crippen LogP contribution in [0.25, 0.3) is 0 Å². The van der Waals surface area contributed by atoms with Gasteiger partial charge in [0.05, 0.1) is 5.56 Å². The molecule has 4 nitrogen and oxygen atoms in total. The second-order valence-corrected chi connectivity index (χ2v) is 7.44. The average molecular weight is 412 g/mol. The Morgan fingerprint density at radius 3 is 2.23 bits per heavy atom. The number of benzene rings is 1. The van der Waals surface area contributed by atoms with E-state index in [-0.39, 0.29) is 23.0 Å².